The van der Waals surface area contributed by atoms with E-state index in [1.165, 1.54) is 6.42 Å². The number of nitrogens with one attached hydrogen (secondary N) is 2. The number of methoxy groups -OCH3 is 2. The third-order valence-electron chi connectivity index (χ3n) is 3.07. The van der Waals surface area contributed by atoms with Gasteiger partial charge in [0, 0.05) is 27.3 Å². The number of hydrogen-bond donors (Lipinski definition) is 2. The van der Waals surface area contributed by atoms with Gasteiger partial charge in [-0.1, -0.05) is 0 Å². The van der Waals surface area contributed by atoms with Gasteiger partial charge in [-0.05, 0) is 19.3 Å². The van der Waals surface area contributed by atoms with Crippen molar-refractivity contribution in [2.45, 2.75) is 24.9 Å². The highest BCUT2D eigenvalue weighted by atomic mass is 16.5. The molecule has 5 heteroatoms. The highest BCUT2D eigenvalue weighted by Gasteiger charge is 2.36. The average molecular weight is 230 g/mol. The van der Waals surface area contributed by atoms with Crippen LogP contribution in [0.1, 0.15) is 19.3 Å². The predicted octanol–water partition coefficient (Wildman–Crippen LogP) is -0.0923. The zero-order valence-corrected chi connectivity index (χ0v) is 10.2. The molecule has 0 aromatic carbocycles. The summed E-state index contributed by atoms with van der Waals surface area (Å²) < 4.78 is 10.3. The quantitative estimate of drug-likeness (QED) is 0.572. The highest BCUT2D eigenvalue weighted by Crippen LogP contribution is 2.34. The summed E-state index contributed by atoms with van der Waals surface area (Å²) >= 11 is 0. The van der Waals surface area contributed by atoms with E-state index >= 15 is 0 Å². The maximum atomic E-state index is 11.4. The maximum Gasteiger partial charge on any atom is 0.234 e. The van der Waals surface area contributed by atoms with Crippen LogP contribution in [0.25, 0.3) is 0 Å². The van der Waals surface area contributed by atoms with Gasteiger partial charge in [-0.2, -0.15) is 0 Å². The lowest BCUT2D eigenvalue weighted by molar-refractivity contribution is -0.124. The molecule has 5 nitrogen and oxygen atoms in total. The number of carbonyl (C=O) groups is 1. The molecule has 0 aromatic rings. The van der Waals surface area contributed by atoms with Crippen LogP contribution in [0.15, 0.2) is 0 Å². The van der Waals surface area contributed by atoms with E-state index in [0.29, 0.717) is 26.2 Å². The van der Waals surface area contributed by atoms with Crippen LogP contribution in [-0.2, 0) is 14.3 Å². The summed E-state index contributed by atoms with van der Waals surface area (Å²) in [6, 6.07) is 0. The molecule has 0 bridgehead atoms. The number of carbonyl (C=O) groups excluding carboxylic acids is 1. The van der Waals surface area contributed by atoms with Crippen LogP contribution >= 0.6 is 0 Å². The van der Waals surface area contributed by atoms with Crippen LogP contribution < -0.4 is 10.6 Å². The molecule has 0 radical (unpaired) electrons. The van der Waals surface area contributed by atoms with Crippen LogP contribution in [0.4, 0.5) is 0 Å². The largest absolute Gasteiger partial charge is 0.383 e. The smallest absolute Gasteiger partial charge is 0.234 e. The first-order chi connectivity index (χ1) is 7.72. The van der Waals surface area contributed by atoms with E-state index in [4.69, 9.17) is 9.47 Å². The van der Waals surface area contributed by atoms with Crippen LogP contribution in [0.2, 0.25) is 0 Å². The minimum absolute atomic E-state index is 0.0134. The van der Waals surface area contributed by atoms with E-state index in [1.54, 1.807) is 14.2 Å². The monoisotopic (exact) mass is 230 g/mol. The fourth-order valence-electron chi connectivity index (χ4n) is 1.72. The lowest BCUT2D eigenvalue weighted by atomic mass is 9.80. The van der Waals surface area contributed by atoms with Crippen molar-refractivity contribution >= 4 is 5.91 Å². The third kappa shape index (κ3) is 4.08. The number of hydrogen-bond acceptors (Lipinski definition) is 4. The van der Waals surface area contributed by atoms with E-state index in [0.717, 1.165) is 12.8 Å². The Bertz CT molecular complexity index is 212. The molecule has 0 atom stereocenters. The van der Waals surface area contributed by atoms with Crippen molar-refractivity contribution in [2.75, 3.05) is 40.5 Å². The van der Waals surface area contributed by atoms with E-state index in [-0.39, 0.29) is 11.5 Å². The molecule has 1 fully saturated rings. The lowest BCUT2D eigenvalue weighted by Crippen LogP contribution is -2.50. The second kappa shape index (κ2) is 6.83. The minimum atomic E-state index is -0.0950. The zero-order valence-electron chi connectivity index (χ0n) is 10.2. The van der Waals surface area contributed by atoms with Crippen molar-refractivity contribution in [1.29, 1.82) is 0 Å². The second-order valence-corrected chi connectivity index (χ2v) is 4.19. The van der Waals surface area contributed by atoms with Crippen molar-refractivity contribution in [3.8, 4) is 0 Å². The van der Waals surface area contributed by atoms with Gasteiger partial charge in [0.15, 0.2) is 0 Å². The molecule has 0 heterocycles. The molecule has 2 N–H and O–H groups in total. The van der Waals surface area contributed by atoms with Crippen molar-refractivity contribution in [1.82, 2.24) is 10.6 Å². The van der Waals surface area contributed by atoms with Crippen molar-refractivity contribution in [3.05, 3.63) is 0 Å². The van der Waals surface area contributed by atoms with Crippen molar-refractivity contribution in [2.24, 2.45) is 0 Å². The fraction of sp³-hybridized carbons (Fsp3) is 0.909. The van der Waals surface area contributed by atoms with Gasteiger partial charge in [-0.15, -0.1) is 0 Å². The summed E-state index contributed by atoms with van der Waals surface area (Å²) in [5.41, 5.74) is -0.0950. The Morgan fingerprint density at radius 2 is 2.12 bits per heavy atom. The molecule has 16 heavy (non-hydrogen) atoms. The molecule has 0 spiro atoms. The van der Waals surface area contributed by atoms with Crippen molar-refractivity contribution < 1.29 is 14.3 Å². The second-order valence-electron chi connectivity index (χ2n) is 4.19. The Labute approximate surface area is 96.9 Å². The molecule has 0 unspecified atom stereocenters. The van der Waals surface area contributed by atoms with Gasteiger partial charge in [0.25, 0.3) is 0 Å². The maximum absolute atomic E-state index is 11.4. The van der Waals surface area contributed by atoms with Gasteiger partial charge in [-0.3, -0.25) is 4.79 Å². The Balaban J connectivity index is 2.05. The Morgan fingerprint density at radius 3 is 2.62 bits per heavy atom. The van der Waals surface area contributed by atoms with Crippen molar-refractivity contribution in [3.63, 3.8) is 0 Å². The summed E-state index contributed by atoms with van der Waals surface area (Å²) in [4.78, 5) is 11.4. The molecule has 1 aliphatic carbocycles. The van der Waals surface area contributed by atoms with E-state index in [9.17, 15) is 4.79 Å². The Morgan fingerprint density at radius 1 is 1.38 bits per heavy atom. The van der Waals surface area contributed by atoms with Gasteiger partial charge >= 0.3 is 0 Å². The predicted molar refractivity (Wildman–Crippen MR) is 61.3 cm³/mol. The standard InChI is InChI=1S/C11H22N2O3/c1-15-7-6-12-8-10(14)13-9-11(16-2)4-3-5-11/h12H,3-9H2,1-2H3,(H,13,14). The summed E-state index contributed by atoms with van der Waals surface area (Å²) in [7, 11) is 3.35. The topological polar surface area (TPSA) is 59.6 Å². The zero-order chi connectivity index (χ0) is 11.9. The SMILES string of the molecule is COCCNCC(=O)NCC1(OC)CCC1. The highest BCUT2D eigenvalue weighted by molar-refractivity contribution is 5.78. The average Bonchev–Trinajstić information content (AvgIpc) is 2.24. The molecule has 1 amide bonds. The van der Waals surface area contributed by atoms with Gasteiger partial charge in [-0.25, -0.2) is 0 Å². The van der Waals surface area contributed by atoms with Gasteiger partial charge in [0.1, 0.15) is 0 Å². The minimum Gasteiger partial charge on any atom is -0.383 e. The number of rotatable bonds is 8. The van der Waals surface area contributed by atoms with E-state index < -0.39 is 0 Å². The van der Waals surface area contributed by atoms with Gasteiger partial charge in [0.05, 0.1) is 18.8 Å². The normalized spacial score (nSPS) is 17.9. The van der Waals surface area contributed by atoms with Crippen LogP contribution in [0, 0.1) is 0 Å². The molecular weight excluding hydrogens is 208 g/mol. The summed E-state index contributed by atoms with van der Waals surface area (Å²) in [5, 5.41) is 5.88. The summed E-state index contributed by atoms with van der Waals surface area (Å²) in [6.45, 7) is 2.27. The van der Waals surface area contributed by atoms with Crippen LogP contribution in [-0.4, -0.2) is 52.0 Å². The fourth-order valence-corrected chi connectivity index (χ4v) is 1.72. The molecule has 0 saturated heterocycles. The Hall–Kier alpha value is -0.650. The number of ether oxygens (including phenoxy) is 2. The molecule has 1 saturated carbocycles. The lowest BCUT2D eigenvalue weighted by Gasteiger charge is -2.40. The van der Waals surface area contributed by atoms with E-state index in [2.05, 4.69) is 10.6 Å². The first-order valence-corrected chi connectivity index (χ1v) is 5.74. The van der Waals surface area contributed by atoms with Crippen LogP contribution in [0.3, 0.4) is 0 Å². The molecular formula is C11H22N2O3. The molecule has 94 valence electrons. The summed E-state index contributed by atoms with van der Waals surface area (Å²) in [6.07, 6.45) is 3.28. The molecule has 1 rings (SSSR count). The third-order valence-corrected chi connectivity index (χ3v) is 3.07. The molecule has 0 aliphatic heterocycles. The van der Waals surface area contributed by atoms with Crippen LogP contribution in [0.5, 0.6) is 0 Å². The first kappa shape index (κ1) is 13.4. The number of amides is 1. The van der Waals surface area contributed by atoms with Gasteiger partial charge < -0.3 is 20.1 Å². The first-order valence-electron chi connectivity index (χ1n) is 5.74. The summed E-state index contributed by atoms with van der Waals surface area (Å²) in [5.74, 6) is 0.0134. The Kier molecular flexibility index (Phi) is 5.73. The van der Waals surface area contributed by atoms with E-state index in [1.807, 2.05) is 0 Å². The molecule has 1 aliphatic rings. The molecule has 0 aromatic heterocycles. The van der Waals surface area contributed by atoms with Gasteiger partial charge in [0.2, 0.25) is 5.91 Å².